The lowest BCUT2D eigenvalue weighted by Gasteiger charge is -2.32. The van der Waals surface area contributed by atoms with Gasteiger partial charge in [0.25, 0.3) is 0 Å². The molecule has 3 rings (SSSR count). The molecule has 0 radical (unpaired) electrons. The summed E-state index contributed by atoms with van der Waals surface area (Å²) in [6.07, 6.45) is 2.31. The van der Waals surface area contributed by atoms with Crippen LogP contribution in [0.5, 0.6) is 5.75 Å². The van der Waals surface area contributed by atoms with Gasteiger partial charge in [0.2, 0.25) is 0 Å². The third-order valence-electron chi connectivity index (χ3n) is 5.42. The first-order valence-corrected chi connectivity index (χ1v) is 9.38. The van der Waals surface area contributed by atoms with E-state index in [4.69, 9.17) is 9.47 Å². The minimum atomic E-state index is -0.546. The van der Waals surface area contributed by atoms with Gasteiger partial charge in [0.05, 0.1) is 44.6 Å². The molecule has 7 nitrogen and oxygen atoms in total. The SMILES string of the molecule is COC(=O)C1=C(C[NH+]2CCC(C)CC2)NC(=O)N[C@@H]1c1ccc(OC)cc1. The molecule has 1 aromatic rings. The molecule has 27 heavy (non-hydrogen) atoms. The Morgan fingerprint density at radius 2 is 1.85 bits per heavy atom. The normalized spacial score (nSPS) is 25.4. The van der Waals surface area contributed by atoms with Gasteiger partial charge in [-0.2, -0.15) is 0 Å². The average molecular weight is 374 g/mol. The maximum absolute atomic E-state index is 12.6. The Balaban J connectivity index is 1.92. The maximum atomic E-state index is 12.6. The number of quaternary nitrogens is 1. The monoisotopic (exact) mass is 374 g/mol. The summed E-state index contributed by atoms with van der Waals surface area (Å²) in [5, 5.41) is 5.70. The number of piperidine rings is 1. The highest BCUT2D eigenvalue weighted by Crippen LogP contribution is 2.28. The maximum Gasteiger partial charge on any atom is 0.338 e. The second kappa shape index (κ2) is 8.43. The van der Waals surface area contributed by atoms with Crippen molar-refractivity contribution in [3.8, 4) is 5.75 Å². The van der Waals surface area contributed by atoms with Crippen LogP contribution >= 0.6 is 0 Å². The minimum absolute atomic E-state index is 0.303. The van der Waals surface area contributed by atoms with E-state index in [0.29, 0.717) is 17.8 Å². The summed E-state index contributed by atoms with van der Waals surface area (Å²) in [5.41, 5.74) is 1.93. The van der Waals surface area contributed by atoms with Crippen LogP contribution in [0.4, 0.5) is 4.79 Å². The third kappa shape index (κ3) is 4.42. The lowest BCUT2D eigenvalue weighted by atomic mass is 9.94. The number of urea groups is 1. The number of nitrogens with one attached hydrogen (secondary N) is 3. The highest BCUT2D eigenvalue weighted by molar-refractivity contribution is 5.95. The molecule has 3 N–H and O–H groups in total. The molecule has 146 valence electrons. The van der Waals surface area contributed by atoms with Gasteiger partial charge in [0.1, 0.15) is 12.3 Å². The van der Waals surface area contributed by atoms with Crippen LogP contribution in [0.15, 0.2) is 35.5 Å². The van der Waals surface area contributed by atoms with Gasteiger partial charge in [0.15, 0.2) is 0 Å². The Labute approximate surface area is 159 Å². The van der Waals surface area contributed by atoms with Gasteiger partial charge < -0.3 is 25.0 Å². The third-order valence-corrected chi connectivity index (χ3v) is 5.42. The van der Waals surface area contributed by atoms with E-state index >= 15 is 0 Å². The second-order valence-electron chi connectivity index (χ2n) is 7.30. The molecule has 2 aliphatic rings. The van der Waals surface area contributed by atoms with Crippen LogP contribution in [0.2, 0.25) is 0 Å². The molecule has 2 heterocycles. The van der Waals surface area contributed by atoms with Crippen molar-refractivity contribution in [1.82, 2.24) is 10.6 Å². The topological polar surface area (TPSA) is 81.1 Å². The van der Waals surface area contributed by atoms with Crippen LogP contribution < -0.4 is 20.3 Å². The van der Waals surface area contributed by atoms with Crippen LogP contribution in [0.25, 0.3) is 0 Å². The number of hydrogen-bond acceptors (Lipinski definition) is 4. The number of benzene rings is 1. The van der Waals surface area contributed by atoms with E-state index in [-0.39, 0.29) is 6.03 Å². The predicted octanol–water partition coefficient (Wildman–Crippen LogP) is 0.791. The first-order chi connectivity index (χ1) is 13.0. The average Bonchev–Trinajstić information content (AvgIpc) is 2.69. The molecule has 0 unspecified atom stereocenters. The number of likely N-dealkylation sites (tertiary alicyclic amines) is 1. The van der Waals surface area contributed by atoms with Gasteiger partial charge in [-0.25, -0.2) is 9.59 Å². The van der Waals surface area contributed by atoms with Crippen molar-refractivity contribution >= 4 is 12.0 Å². The Bertz CT molecular complexity index is 721. The molecule has 0 bridgehead atoms. The Kier molecular flexibility index (Phi) is 6.01. The van der Waals surface area contributed by atoms with Crippen molar-refractivity contribution < 1.29 is 24.0 Å². The van der Waals surface area contributed by atoms with Crippen molar-refractivity contribution in [3.63, 3.8) is 0 Å². The fourth-order valence-electron chi connectivity index (χ4n) is 3.75. The lowest BCUT2D eigenvalue weighted by molar-refractivity contribution is -0.901. The number of carbonyl (C=O) groups excluding carboxylic acids is 2. The van der Waals surface area contributed by atoms with E-state index < -0.39 is 12.0 Å². The molecule has 2 amide bonds. The first kappa shape index (κ1) is 19.2. The Hall–Kier alpha value is -2.54. The largest absolute Gasteiger partial charge is 0.497 e. The molecule has 7 heteroatoms. The highest BCUT2D eigenvalue weighted by atomic mass is 16.5. The number of methoxy groups -OCH3 is 2. The lowest BCUT2D eigenvalue weighted by Crippen LogP contribution is -3.13. The molecule has 1 saturated heterocycles. The van der Waals surface area contributed by atoms with Gasteiger partial charge >= 0.3 is 12.0 Å². The number of rotatable bonds is 5. The quantitative estimate of drug-likeness (QED) is 0.666. The summed E-state index contributed by atoms with van der Waals surface area (Å²) in [6, 6.07) is 6.49. The first-order valence-electron chi connectivity index (χ1n) is 9.38. The molecule has 0 saturated carbocycles. The molecule has 0 spiro atoms. The highest BCUT2D eigenvalue weighted by Gasteiger charge is 2.35. The molecule has 0 aliphatic carbocycles. The molecule has 1 aromatic carbocycles. The summed E-state index contributed by atoms with van der Waals surface area (Å²) < 4.78 is 10.2. The zero-order chi connectivity index (χ0) is 19.4. The molecule has 2 aliphatic heterocycles. The fraction of sp³-hybridized carbons (Fsp3) is 0.500. The summed E-state index contributed by atoms with van der Waals surface area (Å²) in [7, 11) is 2.96. The van der Waals surface area contributed by atoms with Gasteiger partial charge in [0, 0.05) is 0 Å². The summed E-state index contributed by atoms with van der Waals surface area (Å²) >= 11 is 0. The zero-order valence-electron chi connectivity index (χ0n) is 16.1. The van der Waals surface area contributed by atoms with E-state index in [1.165, 1.54) is 12.0 Å². The van der Waals surface area contributed by atoms with Crippen LogP contribution in [-0.4, -0.2) is 45.9 Å². The number of ether oxygens (including phenoxy) is 2. The number of carbonyl (C=O) groups is 2. The molecular weight excluding hydrogens is 346 g/mol. The smallest absolute Gasteiger partial charge is 0.338 e. The van der Waals surface area contributed by atoms with Gasteiger partial charge in [-0.1, -0.05) is 19.1 Å². The van der Waals surface area contributed by atoms with E-state index in [2.05, 4.69) is 17.6 Å². The van der Waals surface area contributed by atoms with Crippen molar-refractivity contribution in [2.75, 3.05) is 33.9 Å². The number of hydrogen-bond donors (Lipinski definition) is 3. The van der Waals surface area contributed by atoms with Crippen LogP contribution in [0.1, 0.15) is 31.4 Å². The van der Waals surface area contributed by atoms with E-state index in [9.17, 15) is 9.59 Å². The van der Waals surface area contributed by atoms with E-state index in [1.807, 2.05) is 24.3 Å². The summed E-state index contributed by atoms with van der Waals surface area (Å²) in [4.78, 5) is 26.2. The van der Waals surface area contributed by atoms with Gasteiger partial charge in [-0.05, 0) is 36.5 Å². The van der Waals surface area contributed by atoms with Gasteiger partial charge in [-0.3, -0.25) is 0 Å². The molecule has 0 aromatic heterocycles. The molecule has 1 atom stereocenters. The fourth-order valence-corrected chi connectivity index (χ4v) is 3.75. The van der Waals surface area contributed by atoms with Crippen LogP contribution in [-0.2, 0) is 9.53 Å². The second-order valence-corrected chi connectivity index (χ2v) is 7.30. The van der Waals surface area contributed by atoms with Crippen LogP contribution in [0, 0.1) is 5.92 Å². The standard InChI is InChI=1S/C20H27N3O4/c1-13-8-10-23(11-9-13)12-16-17(19(24)27-3)18(22-20(25)21-16)14-4-6-15(26-2)7-5-14/h4-7,13,18H,8-12H2,1-3H3,(H2,21,22,25)/p+1/t18-/m1/s1. The van der Waals surface area contributed by atoms with Crippen molar-refractivity contribution in [1.29, 1.82) is 0 Å². The molecule has 1 fully saturated rings. The Morgan fingerprint density at radius 3 is 2.44 bits per heavy atom. The van der Waals surface area contributed by atoms with Gasteiger partial charge in [-0.15, -0.1) is 0 Å². The summed E-state index contributed by atoms with van der Waals surface area (Å²) in [6.45, 7) is 4.95. The number of esters is 1. The van der Waals surface area contributed by atoms with Crippen molar-refractivity contribution in [2.24, 2.45) is 5.92 Å². The van der Waals surface area contributed by atoms with Crippen LogP contribution in [0.3, 0.4) is 0 Å². The van der Waals surface area contributed by atoms with Crippen molar-refractivity contribution in [2.45, 2.75) is 25.8 Å². The number of amides is 2. The van der Waals surface area contributed by atoms with E-state index in [0.717, 1.165) is 43.2 Å². The molecular formula is C20H28N3O4+. The Morgan fingerprint density at radius 1 is 1.19 bits per heavy atom. The summed E-state index contributed by atoms with van der Waals surface area (Å²) in [5.74, 6) is 1.02. The van der Waals surface area contributed by atoms with Crippen molar-refractivity contribution in [3.05, 3.63) is 41.1 Å². The zero-order valence-corrected chi connectivity index (χ0v) is 16.1. The predicted molar refractivity (Wildman–Crippen MR) is 100 cm³/mol. The van der Waals surface area contributed by atoms with E-state index in [1.54, 1.807) is 7.11 Å². The minimum Gasteiger partial charge on any atom is -0.497 e.